The van der Waals surface area contributed by atoms with Gasteiger partial charge >= 0.3 is 6.16 Å². The van der Waals surface area contributed by atoms with Gasteiger partial charge in [0.15, 0.2) is 0 Å². The van der Waals surface area contributed by atoms with Gasteiger partial charge in [-0.1, -0.05) is 13.8 Å². The van der Waals surface area contributed by atoms with Crippen molar-refractivity contribution in [3.05, 3.63) is 0 Å². The van der Waals surface area contributed by atoms with E-state index in [1.54, 1.807) is 0 Å². The summed E-state index contributed by atoms with van der Waals surface area (Å²) in [5.41, 5.74) is 0. The first kappa shape index (κ1) is 17.2. The smallest absolute Gasteiger partial charge is 0.434 e. The molecule has 0 aromatic carbocycles. The highest BCUT2D eigenvalue weighted by Gasteiger charge is 2.08. The first-order valence-corrected chi connectivity index (χ1v) is 6.81. The normalized spacial score (nSPS) is 14.0. The number of nitrogens with one attached hydrogen (secondary N) is 2. The zero-order valence-electron chi connectivity index (χ0n) is 12.1. The topological polar surface area (TPSA) is 59.6 Å². The second kappa shape index (κ2) is 11.3. The van der Waals surface area contributed by atoms with Crippen LogP contribution in [0.25, 0.3) is 0 Å². The third-order valence-corrected chi connectivity index (χ3v) is 3.17. The average molecular weight is 260 g/mol. The van der Waals surface area contributed by atoms with Crippen LogP contribution in [-0.4, -0.2) is 45.5 Å². The summed E-state index contributed by atoms with van der Waals surface area (Å²) in [6, 6.07) is 0.790. The van der Waals surface area contributed by atoms with Crippen LogP contribution in [0, 0.1) is 0 Å². The van der Waals surface area contributed by atoms with Crippen molar-refractivity contribution in [2.24, 2.45) is 0 Å². The highest BCUT2D eigenvalue weighted by Crippen LogP contribution is 2.00. The molecule has 0 heterocycles. The second-order valence-corrected chi connectivity index (χ2v) is 4.31. The monoisotopic (exact) mass is 260 g/mol. The maximum Gasteiger partial charge on any atom is 0.508 e. The highest BCUT2D eigenvalue weighted by molar-refractivity contribution is 5.59. The lowest BCUT2D eigenvalue weighted by atomic mass is 10.2. The van der Waals surface area contributed by atoms with Gasteiger partial charge in [0.05, 0.1) is 13.2 Å². The fraction of sp³-hybridized carbons (Fsp3) is 0.923. The van der Waals surface area contributed by atoms with Crippen LogP contribution in [0.15, 0.2) is 0 Å². The van der Waals surface area contributed by atoms with Crippen molar-refractivity contribution in [3.63, 3.8) is 0 Å². The summed E-state index contributed by atoms with van der Waals surface area (Å²) >= 11 is 0. The molecular weight excluding hydrogens is 232 g/mol. The summed E-state index contributed by atoms with van der Waals surface area (Å²) in [6.45, 7) is 5.01. The van der Waals surface area contributed by atoms with Crippen molar-refractivity contribution in [3.8, 4) is 0 Å². The number of ether oxygens (including phenoxy) is 2. The largest absolute Gasteiger partial charge is 0.508 e. The zero-order chi connectivity index (χ0) is 13.8. The van der Waals surface area contributed by atoms with Crippen LogP contribution in [0.2, 0.25) is 0 Å². The van der Waals surface area contributed by atoms with Gasteiger partial charge in [-0.25, -0.2) is 4.79 Å². The van der Waals surface area contributed by atoms with Gasteiger partial charge in [-0.3, -0.25) is 0 Å². The molecule has 108 valence electrons. The van der Waals surface area contributed by atoms with Crippen molar-refractivity contribution in [1.82, 2.24) is 10.6 Å². The van der Waals surface area contributed by atoms with Crippen LogP contribution < -0.4 is 10.6 Å². The average Bonchev–Trinajstić information content (AvgIpc) is 2.40. The number of carbonyl (C=O) groups is 1. The Morgan fingerprint density at radius 3 is 1.61 bits per heavy atom. The predicted octanol–water partition coefficient (Wildman–Crippen LogP) is 1.92. The third kappa shape index (κ3) is 8.31. The second-order valence-electron chi connectivity index (χ2n) is 4.31. The summed E-state index contributed by atoms with van der Waals surface area (Å²) in [5, 5.41) is 6.32. The van der Waals surface area contributed by atoms with E-state index in [0.717, 1.165) is 25.7 Å². The molecule has 0 fully saturated rings. The van der Waals surface area contributed by atoms with E-state index in [2.05, 4.69) is 24.5 Å². The molecule has 0 amide bonds. The Bertz CT molecular complexity index is 184. The Hall–Kier alpha value is -0.810. The molecule has 0 aliphatic heterocycles. The van der Waals surface area contributed by atoms with E-state index < -0.39 is 6.16 Å². The Labute approximate surface area is 111 Å². The maximum absolute atomic E-state index is 11.3. The molecule has 0 spiro atoms. The van der Waals surface area contributed by atoms with Crippen molar-refractivity contribution in [2.75, 3.05) is 27.3 Å². The van der Waals surface area contributed by atoms with E-state index in [1.807, 2.05) is 14.1 Å². The van der Waals surface area contributed by atoms with Gasteiger partial charge in [-0.15, -0.1) is 0 Å². The fourth-order valence-corrected chi connectivity index (χ4v) is 1.72. The summed E-state index contributed by atoms with van der Waals surface area (Å²) in [7, 11) is 3.82. The van der Waals surface area contributed by atoms with E-state index in [1.165, 1.54) is 0 Å². The molecule has 0 bridgehead atoms. The Balaban J connectivity index is 3.54. The lowest BCUT2D eigenvalue weighted by molar-refractivity contribution is 0.0502. The molecule has 2 atom stereocenters. The number of rotatable bonds is 10. The Morgan fingerprint density at radius 1 is 0.944 bits per heavy atom. The quantitative estimate of drug-likeness (QED) is 0.588. The van der Waals surface area contributed by atoms with Crippen LogP contribution >= 0.6 is 0 Å². The Morgan fingerprint density at radius 2 is 1.33 bits per heavy atom. The van der Waals surface area contributed by atoms with Crippen LogP contribution in [0.1, 0.15) is 39.5 Å². The molecule has 0 aliphatic carbocycles. The molecule has 5 nitrogen and oxygen atoms in total. The van der Waals surface area contributed by atoms with Gasteiger partial charge in [0, 0.05) is 12.1 Å². The number of hydrogen-bond acceptors (Lipinski definition) is 5. The molecule has 0 aromatic rings. The molecule has 0 aliphatic rings. The molecule has 2 unspecified atom stereocenters. The van der Waals surface area contributed by atoms with Crippen molar-refractivity contribution >= 4 is 6.16 Å². The van der Waals surface area contributed by atoms with Crippen molar-refractivity contribution in [2.45, 2.75) is 51.6 Å². The third-order valence-electron chi connectivity index (χ3n) is 3.17. The van der Waals surface area contributed by atoms with E-state index in [4.69, 9.17) is 9.47 Å². The minimum atomic E-state index is -0.563. The molecule has 0 saturated heterocycles. The lowest BCUT2D eigenvalue weighted by Crippen LogP contribution is -2.27. The lowest BCUT2D eigenvalue weighted by Gasteiger charge is -2.15. The number of carbonyl (C=O) groups excluding carboxylic acids is 1. The molecule has 5 heteroatoms. The first-order chi connectivity index (χ1) is 8.67. The summed E-state index contributed by atoms with van der Waals surface area (Å²) in [4.78, 5) is 11.3. The van der Waals surface area contributed by atoms with Gasteiger partial charge in [-0.2, -0.15) is 0 Å². The Kier molecular flexibility index (Phi) is 10.8. The molecule has 2 N–H and O–H groups in total. The summed E-state index contributed by atoms with van der Waals surface area (Å²) in [5.74, 6) is 0. The van der Waals surface area contributed by atoms with Crippen LogP contribution in [0.4, 0.5) is 4.79 Å². The standard InChI is InChI=1S/C13H28N2O3/c1-5-11(14-3)7-9-17-13(16)18-10-8-12(6-2)15-4/h11-12,14-15H,5-10H2,1-4H3. The van der Waals surface area contributed by atoms with E-state index in [-0.39, 0.29) is 0 Å². The molecule has 0 aromatic heterocycles. The zero-order valence-corrected chi connectivity index (χ0v) is 12.1. The maximum atomic E-state index is 11.3. The molecule has 0 saturated carbocycles. The molecule has 0 rings (SSSR count). The minimum absolute atomic E-state index is 0.395. The molecule has 0 radical (unpaired) electrons. The van der Waals surface area contributed by atoms with E-state index in [9.17, 15) is 4.79 Å². The minimum Gasteiger partial charge on any atom is -0.434 e. The van der Waals surface area contributed by atoms with Crippen LogP contribution in [0.3, 0.4) is 0 Å². The summed E-state index contributed by atoms with van der Waals surface area (Å²) < 4.78 is 10.0. The SMILES string of the molecule is CCC(CCOC(=O)OCCC(CC)NC)NC. The van der Waals surface area contributed by atoms with Crippen LogP contribution in [-0.2, 0) is 9.47 Å². The fourth-order valence-electron chi connectivity index (χ4n) is 1.72. The van der Waals surface area contributed by atoms with Crippen molar-refractivity contribution < 1.29 is 14.3 Å². The summed E-state index contributed by atoms with van der Waals surface area (Å²) in [6.07, 6.45) is 3.11. The van der Waals surface area contributed by atoms with Gasteiger partial charge in [0.2, 0.25) is 0 Å². The van der Waals surface area contributed by atoms with E-state index in [0.29, 0.717) is 25.3 Å². The number of hydrogen-bond donors (Lipinski definition) is 2. The molecular formula is C13H28N2O3. The van der Waals surface area contributed by atoms with Crippen LogP contribution in [0.5, 0.6) is 0 Å². The predicted molar refractivity (Wildman–Crippen MR) is 72.8 cm³/mol. The molecule has 18 heavy (non-hydrogen) atoms. The van der Waals surface area contributed by atoms with Gasteiger partial charge < -0.3 is 20.1 Å². The first-order valence-electron chi connectivity index (χ1n) is 6.81. The van der Waals surface area contributed by atoms with Crippen molar-refractivity contribution in [1.29, 1.82) is 0 Å². The highest BCUT2D eigenvalue weighted by atomic mass is 16.7. The van der Waals surface area contributed by atoms with Gasteiger partial charge in [-0.05, 0) is 39.8 Å². The van der Waals surface area contributed by atoms with E-state index >= 15 is 0 Å². The van der Waals surface area contributed by atoms with Gasteiger partial charge in [0.1, 0.15) is 0 Å². The van der Waals surface area contributed by atoms with Gasteiger partial charge in [0.25, 0.3) is 0 Å².